The molecule has 2 aromatic carbocycles. The summed E-state index contributed by atoms with van der Waals surface area (Å²) in [7, 11) is 0. The van der Waals surface area contributed by atoms with E-state index in [4.69, 9.17) is 11.5 Å². The Balaban J connectivity index is 2.23. The fourth-order valence-corrected chi connectivity index (χ4v) is 3.62. The van der Waals surface area contributed by atoms with Crippen LogP contribution >= 0.6 is 0 Å². The summed E-state index contributed by atoms with van der Waals surface area (Å²) in [5.74, 6) is -3.48. The maximum absolute atomic E-state index is 14.0. The Hall–Kier alpha value is -2.24. The average Bonchev–Trinajstić information content (AvgIpc) is 2.57. The molecule has 0 amide bonds. The summed E-state index contributed by atoms with van der Waals surface area (Å²) in [6.07, 6.45) is 3.63. The second-order valence-electron chi connectivity index (χ2n) is 6.35. The first-order valence-electron chi connectivity index (χ1n) is 7.85. The van der Waals surface area contributed by atoms with Gasteiger partial charge in [0.15, 0.2) is 0 Å². The molecule has 1 aliphatic rings. The van der Waals surface area contributed by atoms with E-state index in [9.17, 15) is 17.6 Å². The Labute approximate surface area is 137 Å². The third-order valence-corrected chi connectivity index (χ3v) is 4.97. The third kappa shape index (κ3) is 2.60. The van der Waals surface area contributed by atoms with Crippen molar-refractivity contribution in [1.29, 1.82) is 0 Å². The first-order chi connectivity index (χ1) is 11.3. The topological polar surface area (TPSA) is 52.0 Å². The van der Waals surface area contributed by atoms with E-state index in [2.05, 4.69) is 0 Å². The van der Waals surface area contributed by atoms with E-state index in [-0.39, 0.29) is 0 Å². The van der Waals surface area contributed by atoms with Crippen LogP contribution in [0.1, 0.15) is 43.2 Å². The van der Waals surface area contributed by atoms with Gasteiger partial charge in [-0.2, -0.15) is 0 Å². The largest absolute Gasteiger partial charge is 0.394 e. The highest BCUT2D eigenvalue weighted by Gasteiger charge is 2.37. The second kappa shape index (κ2) is 6.00. The van der Waals surface area contributed by atoms with E-state index in [0.717, 1.165) is 43.5 Å². The predicted molar refractivity (Wildman–Crippen MR) is 85.4 cm³/mol. The summed E-state index contributed by atoms with van der Waals surface area (Å²) >= 11 is 0. The molecule has 1 fully saturated rings. The number of benzene rings is 2. The van der Waals surface area contributed by atoms with Crippen molar-refractivity contribution in [2.75, 3.05) is 11.5 Å². The lowest BCUT2D eigenvalue weighted by atomic mass is 9.65. The normalized spacial score (nSPS) is 17.0. The first-order valence-corrected chi connectivity index (χ1v) is 7.85. The van der Waals surface area contributed by atoms with E-state index < -0.39 is 40.1 Å². The molecule has 1 aliphatic carbocycles. The van der Waals surface area contributed by atoms with Crippen LogP contribution < -0.4 is 11.5 Å². The molecule has 3 rings (SSSR count). The summed E-state index contributed by atoms with van der Waals surface area (Å²) in [6.45, 7) is 0. The highest BCUT2D eigenvalue weighted by atomic mass is 19.1. The fourth-order valence-electron chi connectivity index (χ4n) is 3.62. The minimum atomic E-state index is -0.869. The fraction of sp³-hybridized carbons (Fsp3) is 0.333. The summed E-state index contributed by atoms with van der Waals surface area (Å²) in [4.78, 5) is 0. The summed E-state index contributed by atoms with van der Waals surface area (Å²) in [6, 6.07) is 4.65. The number of halogens is 4. The minimum absolute atomic E-state index is 0.343. The van der Waals surface area contributed by atoms with Crippen LogP contribution in [0.4, 0.5) is 28.9 Å². The number of hydrogen-bond donors (Lipinski definition) is 2. The van der Waals surface area contributed by atoms with Crippen molar-refractivity contribution in [2.45, 2.75) is 37.5 Å². The van der Waals surface area contributed by atoms with Gasteiger partial charge in [-0.15, -0.1) is 0 Å². The smallest absolute Gasteiger partial charge is 0.149 e. The maximum atomic E-state index is 14.0. The molecule has 0 saturated heterocycles. The SMILES string of the molecule is Nc1c(F)cc(C2(c3cc(F)c(N)c(F)c3)CCCCC2)cc1F. The molecular formula is C18H18F4N2. The molecule has 2 aromatic rings. The number of anilines is 2. The van der Waals surface area contributed by atoms with Crippen molar-refractivity contribution in [1.82, 2.24) is 0 Å². The van der Waals surface area contributed by atoms with Crippen LogP contribution in [0, 0.1) is 23.3 Å². The highest BCUT2D eigenvalue weighted by molar-refractivity contribution is 5.51. The van der Waals surface area contributed by atoms with Gasteiger partial charge < -0.3 is 11.5 Å². The van der Waals surface area contributed by atoms with E-state index in [1.54, 1.807) is 0 Å². The van der Waals surface area contributed by atoms with E-state index >= 15 is 0 Å². The lowest BCUT2D eigenvalue weighted by molar-refractivity contribution is 0.341. The average molecular weight is 338 g/mol. The van der Waals surface area contributed by atoms with Crippen LogP contribution in [0.5, 0.6) is 0 Å². The zero-order valence-corrected chi connectivity index (χ0v) is 13.0. The van der Waals surface area contributed by atoms with Crippen LogP contribution in [0.3, 0.4) is 0 Å². The molecule has 24 heavy (non-hydrogen) atoms. The summed E-state index contributed by atoms with van der Waals surface area (Å²) in [5.41, 5.74) is 9.40. The van der Waals surface area contributed by atoms with Crippen molar-refractivity contribution < 1.29 is 17.6 Å². The van der Waals surface area contributed by atoms with Crippen LogP contribution in [0.25, 0.3) is 0 Å². The lowest BCUT2D eigenvalue weighted by Crippen LogP contribution is -2.31. The van der Waals surface area contributed by atoms with E-state index in [1.165, 1.54) is 0 Å². The van der Waals surface area contributed by atoms with Gasteiger partial charge in [-0.05, 0) is 48.2 Å². The van der Waals surface area contributed by atoms with Gasteiger partial charge in [0.25, 0.3) is 0 Å². The van der Waals surface area contributed by atoms with Gasteiger partial charge >= 0.3 is 0 Å². The predicted octanol–water partition coefficient (Wildman–Crippen LogP) is 4.66. The van der Waals surface area contributed by atoms with Crippen LogP contribution in [-0.2, 0) is 5.41 Å². The molecule has 0 spiro atoms. The van der Waals surface area contributed by atoms with Crippen molar-refractivity contribution in [3.05, 3.63) is 58.7 Å². The van der Waals surface area contributed by atoms with Gasteiger partial charge in [0, 0.05) is 5.41 Å². The molecule has 1 saturated carbocycles. The highest BCUT2D eigenvalue weighted by Crippen LogP contribution is 2.46. The molecular weight excluding hydrogens is 320 g/mol. The molecule has 0 aromatic heterocycles. The molecule has 0 unspecified atom stereocenters. The van der Waals surface area contributed by atoms with Crippen LogP contribution in [0.15, 0.2) is 24.3 Å². The zero-order valence-electron chi connectivity index (χ0n) is 13.0. The minimum Gasteiger partial charge on any atom is -0.394 e. The van der Waals surface area contributed by atoms with E-state index in [1.807, 2.05) is 0 Å². The standard InChI is InChI=1S/C18H18F4N2/c19-12-6-10(7-13(20)16(12)23)18(4-2-1-3-5-18)11-8-14(21)17(24)15(22)9-11/h6-9H,1-5,23-24H2. The quantitative estimate of drug-likeness (QED) is 0.618. The molecule has 0 atom stereocenters. The molecule has 0 bridgehead atoms. The Bertz CT molecular complexity index is 677. The monoisotopic (exact) mass is 338 g/mol. The molecule has 0 heterocycles. The number of hydrogen-bond acceptors (Lipinski definition) is 2. The van der Waals surface area contributed by atoms with Crippen molar-refractivity contribution in [2.24, 2.45) is 0 Å². The Kier molecular flexibility index (Phi) is 4.15. The van der Waals surface area contributed by atoms with Crippen molar-refractivity contribution in [3.63, 3.8) is 0 Å². The molecule has 128 valence electrons. The van der Waals surface area contributed by atoms with Crippen LogP contribution in [0.2, 0.25) is 0 Å². The molecule has 0 radical (unpaired) electrons. The molecule has 4 N–H and O–H groups in total. The van der Waals surface area contributed by atoms with E-state index in [0.29, 0.717) is 24.0 Å². The van der Waals surface area contributed by atoms with Crippen LogP contribution in [-0.4, -0.2) is 0 Å². The molecule has 2 nitrogen and oxygen atoms in total. The number of rotatable bonds is 2. The third-order valence-electron chi connectivity index (χ3n) is 4.97. The van der Waals surface area contributed by atoms with Gasteiger partial charge in [-0.3, -0.25) is 0 Å². The van der Waals surface area contributed by atoms with Crippen molar-refractivity contribution in [3.8, 4) is 0 Å². The summed E-state index contributed by atoms with van der Waals surface area (Å²) < 4.78 is 55.9. The first kappa shape index (κ1) is 16.6. The van der Waals surface area contributed by atoms with Gasteiger partial charge in [0.05, 0.1) is 0 Å². The number of nitrogens with two attached hydrogens (primary N) is 2. The molecule has 6 heteroatoms. The van der Waals surface area contributed by atoms with Crippen molar-refractivity contribution >= 4 is 11.4 Å². The van der Waals surface area contributed by atoms with Gasteiger partial charge in [0.2, 0.25) is 0 Å². The second-order valence-corrected chi connectivity index (χ2v) is 6.35. The zero-order chi connectivity index (χ0) is 17.5. The van der Waals surface area contributed by atoms with Gasteiger partial charge in [0.1, 0.15) is 34.6 Å². The Morgan fingerprint density at radius 1 is 0.625 bits per heavy atom. The lowest BCUT2D eigenvalue weighted by Gasteiger charge is -2.39. The maximum Gasteiger partial charge on any atom is 0.149 e. The number of nitrogen functional groups attached to an aromatic ring is 2. The Morgan fingerprint density at radius 2 is 0.958 bits per heavy atom. The van der Waals surface area contributed by atoms with Gasteiger partial charge in [-0.1, -0.05) is 19.3 Å². The molecule has 0 aliphatic heterocycles. The van der Waals surface area contributed by atoms with Gasteiger partial charge in [-0.25, -0.2) is 17.6 Å². The Morgan fingerprint density at radius 3 is 1.29 bits per heavy atom. The summed E-state index contributed by atoms with van der Waals surface area (Å²) in [5, 5.41) is 0.